The maximum absolute atomic E-state index is 11.3. The van der Waals surface area contributed by atoms with Crippen LogP contribution < -0.4 is 5.32 Å². The third kappa shape index (κ3) is 4.14. The molecule has 1 aromatic rings. The molecule has 0 fully saturated rings. The molecule has 0 aromatic heterocycles. The fraction of sp³-hybridized carbons (Fsp3) is 0.385. The van der Waals surface area contributed by atoms with E-state index in [1.807, 2.05) is 19.1 Å². The van der Waals surface area contributed by atoms with Gasteiger partial charge in [-0.2, -0.15) is 5.26 Å². The zero-order valence-electron chi connectivity index (χ0n) is 9.49. The topological polar surface area (TPSA) is 52.9 Å². The molecule has 1 aromatic carbocycles. The van der Waals surface area contributed by atoms with Gasteiger partial charge < -0.3 is 5.32 Å². The summed E-state index contributed by atoms with van der Waals surface area (Å²) in [5, 5.41) is 11.5. The number of carbonyl (C=O) groups is 1. The lowest BCUT2D eigenvalue weighted by atomic mass is 10.1. The van der Waals surface area contributed by atoms with Crippen molar-refractivity contribution in [3.8, 4) is 6.07 Å². The molecule has 0 aliphatic carbocycles. The van der Waals surface area contributed by atoms with Crippen LogP contribution in [0.3, 0.4) is 0 Å². The van der Waals surface area contributed by atoms with E-state index in [-0.39, 0.29) is 5.91 Å². The van der Waals surface area contributed by atoms with Gasteiger partial charge in [0.05, 0.1) is 11.6 Å². The van der Waals surface area contributed by atoms with Crippen molar-refractivity contribution in [1.82, 2.24) is 5.32 Å². The number of carbonyl (C=O) groups excluding carboxylic acids is 1. The van der Waals surface area contributed by atoms with Crippen LogP contribution in [-0.2, 0) is 11.2 Å². The molecule has 0 saturated carbocycles. The number of nitriles is 1. The number of rotatable bonds is 5. The van der Waals surface area contributed by atoms with Gasteiger partial charge in [0.25, 0.3) is 0 Å². The van der Waals surface area contributed by atoms with E-state index in [0.717, 1.165) is 24.9 Å². The molecule has 0 bridgehead atoms. The van der Waals surface area contributed by atoms with Gasteiger partial charge in [-0.3, -0.25) is 4.79 Å². The van der Waals surface area contributed by atoms with Crippen LogP contribution in [0.2, 0.25) is 0 Å². The van der Waals surface area contributed by atoms with Crippen molar-refractivity contribution >= 4 is 5.91 Å². The Morgan fingerprint density at radius 1 is 1.38 bits per heavy atom. The van der Waals surface area contributed by atoms with Crippen LogP contribution in [-0.4, -0.2) is 12.5 Å². The van der Waals surface area contributed by atoms with Gasteiger partial charge in [0.2, 0.25) is 5.91 Å². The molecule has 1 N–H and O–H groups in total. The average molecular weight is 216 g/mol. The van der Waals surface area contributed by atoms with Crippen molar-refractivity contribution in [3.05, 3.63) is 35.4 Å². The van der Waals surface area contributed by atoms with Crippen molar-refractivity contribution in [3.63, 3.8) is 0 Å². The minimum Gasteiger partial charge on any atom is -0.356 e. The van der Waals surface area contributed by atoms with Crippen molar-refractivity contribution < 1.29 is 4.79 Å². The lowest BCUT2D eigenvalue weighted by Gasteiger charge is -2.03. The van der Waals surface area contributed by atoms with Gasteiger partial charge in [0.15, 0.2) is 0 Å². The largest absolute Gasteiger partial charge is 0.356 e. The lowest BCUT2D eigenvalue weighted by molar-refractivity contribution is -0.121. The maximum atomic E-state index is 11.3. The first kappa shape index (κ1) is 12.3. The monoisotopic (exact) mass is 216 g/mol. The summed E-state index contributed by atoms with van der Waals surface area (Å²) in [6.45, 7) is 2.77. The minimum atomic E-state index is 0.0891. The molecule has 1 amide bonds. The van der Waals surface area contributed by atoms with Gasteiger partial charge in [-0.15, -0.1) is 0 Å². The molecule has 1 rings (SSSR count). The number of hydrogen-bond acceptors (Lipinski definition) is 2. The molecule has 0 aliphatic rings. The van der Waals surface area contributed by atoms with Gasteiger partial charge in [-0.1, -0.05) is 19.1 Å². The highest BCUT2D eigenvalue weighted by atomic mass is 16.1. The molecular weight excluding hydrogens is 200 g/mol. The van der Waals surface area contributed by atoms with Crippen LogP contribution >= 0.6 is 0 Å². The van der Waals surface area contributed by atoms with Crippen LogP contribution in [0.5, 0.6) is 0 Å². The summed E-state index contributed by atoms with van der Waals surface area (Å²) in [5.74, 6) is 0.0891. The van der Waals surface area contributed by atoms with E-state index in [1.54, 1.807) is 12.1 Å². The second-order valence-corrected chi connectivity index (χ2v) is 3.66. The van der Waals surface area contributed by atoms with Crippen LogP contribution in [0.15, 0.2) is 24.3 Å². The van der Waals surface area contributed by atoms with Crippen molar-refractivity contribution in [2.24, 2.45) is 0 Å². The second kappa shape index (κ2) is 6.62. The normalized spacial score (nSPS) is 9.50. The smallest absolute Gasteiger partial charge is 0.220 e. The molecule has 84 valence electrons. The predicted octanol–water partition coefficient (Wildman–Crippen LogP) is 2.02. The third-order valence-electron chi connectivity index (χ3n) is 2.30. The summed E-state index contributed by atoms with van der Waals surface area (Å²) >= 11 is 0. The van der Waals surface area contributed by atoms with Crippen LogP contribution in [0.4, 0.5) is 0 Å². The van der Waals surface area contributed by atoms with Crippen molar-refractivity contribution in [1.29, 1.82) is 5.26 Å². The van der Waals surface area contributed by atoms with E-state index in [2.05, 4.69) is 11.4 Å². The highest BCUT2D eigenvalue weighted by Crippen LogP contribution is 2.05. The summed E-state index contributed by atoms with van der Waals surface area (Å²) in [6, 6.07) is 9.41. The molecular formula is C13H16N2O. The summed E-state index contributed by atoms with van der Waals surface area (Å²) in [6.07, 6.45) is 2.19. The summed E-state index contributed by atoms with van der Waals surface area (Å²) < 4.78 is 0. The van der Waals surface area contributed by atoms with Gasteiger partial charge in [-0.05, 0) is 30.5 Å². The Hall–Kier alpha value is -1.82. The standard InChI is InChI=1S/C13H16N2O/c1-2-9-15-13(16)8-7-11-3-5-12(10-14)6-4-11/h3-6H,2,7-9H2,1H3,(H,15,16). The number of amides is 1. The molecule has 3 heteroatoms. The fourth-order valence-corrected chi connectivity index (χ4v) is 1.36. The van der Waals surface area contributed by atoms with Crippen LogP contribution in [0, 0.1) is 11.3 Å². The highest BCUT2D eigenvalue weighted by Gasteiger charge is 2.01. The molecule has 0 spiro atoms. The first-order valence-electron chi connectivity index (χ1n) is 5.52. The molecule has 3 nitrogen and oxygen atoms in total. The Balaban J connectivity index is 2.37. The van der Waals surface area contributed by atoms with E-state index in [9.17, 15) is 4.79 Å². The van der Waals surface area contributed by atoms with Gasteiger partial charge in [-0.25, -0.2) is 0 Å². The van der Waals surface area contributed by atoms with E-state index >= 15 is 0 Å². The van der Waals surface area contributed by atoms with Gasteiger partial charge in [0.1, 0.15) is 0 Å². The van der Waals surface area contributed by atoms with Crippen molar-refractivity contribution in [2.75, 3.05) is 6.54 Å². The van der Waals surface area contributed by atoms with Gasteiger partial charge in [0, 0.05) is 13.0 Å². The molecule has 0 saturated heterocycles. The number of hydrogen-bond donors (Lipinski definition) is 1. The van der Waals surface area contributed by atoms with Crippen LogP contribution in [0.25, 0.3) is 0 Å². The Morgan fingerprint density at radius 2 is 2.06 bits per heavy atom. The van der Waals surface area contributed by atoms with E-state index in [4.69, 9.17) is 5.26 Å². The highest BCUT2D eigenvalue weighted by molar-refractivity contribution is 5.76. The van der Waals surface area contributed by atoms with E-state index in [0.29, 0.717) is 12.0 Å². The molecule has 0 unspecified atom stereocenters. The first-order valence-corrected chi connectivity index (χ1v) is 5.52. The lowest BCUT2D eigenvalue weighted by Crippen LogP contribution is -2.24. The van der Waals surface area contributed by atoms with E-state index < -0.39 is 0 Å². The average Bonchev–Trinajstić information content (AvgIpc) is 2.34. The molecule has 0 atom stereocenters. The number of benzene rings is 1. The number of nitrogens with one attached hydrogen (secondary N) is 1. The molecule has 0 radical (unpaired) electrons. The Labute approximate surface area is 96.1 Å². The quantitative estimate of drug-likeness (QED) is 0.818. The fourth-order valence-electron chi connectivity index (χ4n) is 1.36. The molecule has 16 heavy (non-hydrogen) atoms. The zero-order valence-corrected chi connectivity index (χ0v) is 9.49. The van der Waals surface area contributed by atoms with Crippen molar-refractivity contribution in [2.45, 2.75) is 26.2 Å². The summed E-state index contributed by atoms with van der Waals surface area (Å²) in [5.41, 5.74) is 1.74. The SMILES string of the molecule is CCCNC(=O)CCc1ccc(C#N)cc1. The maximum Gasteiger partial charge on any atom is 0.220 e. The second-order valence-electron chi connectivity index (χ2n) is 3.66. The Bertz CT molecular complexity index is 376. The predicted molar refractivity (Wildman–Crippen MR) is 62.8 cm³/mol. The minimum absolute atomic E-state index is 0.0891. The summed E-state index contributed by atoms with van der Waals surface area (Å²) in [7, 11) is 0. The van der Waals surface area contributed by atoms with Crippen LogP contribution in [0.1, 0.15) is 30.9 Å². The first-order chi connectivity index (χ1) is 7.76. The third-order valence-corrected chi connectivity index (χ3v) is 2.30. The number of nitrogens with zero attached hydrogens (tertiary/aromatic N) is 1. The van der Waals surface area contributed by atoms with Gasteiger partial charge >= 0.3 is 0 Å². The Morgan fingerprint density at radius 3 is 2.62 bits per heavy atom. The summed E-state index contributed by atoms with van der Waals surface area (Å²) in [4.78, 5) is 11.3. The molecule has 0 heterocycles. The zero-order chi connectivity index (χ0) is 11.8. The van der Waals surface area contributed by atoms with E-state index in [1.165, 1.54) is 0 Å². The molecule has 0 aliphatic heterocycles. The Kier molecular flexibility index (Phi) is 5.07. The number of aryl methyl sites for hydroxylation is 1.